The Morgan fingerprint density at radius 1 is 1.41 bits per heavy atom. The maximum atomic E-state index is 12.1. The van der Waals surface area contributed by atoms with Crippen molar-refractivity contribution in [2.24, 2.45) is 10.1 Å². The van der Waals surface area contributed by atoms with E-state index in [1.165, 1.54) is 0 Å². The minimum atomic E-state index is -0.481. The fourth-order valence-corrected chi connectivity index (χ4v) is 3.46. The Labute approximate surface area is 156 Å². The molecule has 1 aromatic carbocycles. The summed E-state index contributed by atoms with van der Waals surface area (Å²) in [6.45, 7) is 1.60. The number of aliphatic hydroxyl groups excluding tert-OH is 1. The Morgan fingerprint density at radius 3 is 2.93 bits per heavy atom. The van der Waals surface area contributed by atoms with E-state index in [0.717, 1.165) is 22.4 Å². The van der Waals surface area contributed by atoms with E-state index in [2.05, 4.69) is 21.2 Å². The van der Waals surface area contributed by atoms with Crippen molar-refractivity contribution < 1.29 is 14.6 Å². The summed E-state index contributed by atoms with van der Waals surface area (Å²) in [5, 5.41) is 12.8. The molecule has 2 aromatic rings. The lowest BCUT2D eigenvalue weighted by molar-refractivity contribution is 0.0830. The molecule has 1 amide bonds. The summed E-state index contributed by atoms with van der Waals surface area (Å²) in [5.74, 6) is 0.560. The number of fused-ring (bicyclic) bond motifs is 3. The Kier molecular flexibility index (Phi) is 4.41. The quantitative estimate of drug-likeness (QED) is 0.626. The summed E-state index contributed by atoms with van der Waals surface area (Å²) >= 11 is 0. The highest BCUT2D eigenvalue weighted by molar-refractivity contribution is 5.94. The summed E-state index contributed by atoms with van der Waals surface area (Å²) in [6, 6.07) is 9.24. The second-order valence-corrected chi connectivity index (χ2v) is 6.64. The monoisotopic (exact) mass is 365 g/mol. The van der Waals surface area contributed by atoms with Crippen molar-refractivity contribution in [3.63, 3.8) is 0 Å². The number of hydrogen-bond donors (Lipinski definition) is 2. The largest absolute Gasteiger partial charge is 0.441 e. The van der Waals surface area contributed by atoms with Crippen molar-refractivity contribution in [1.29, 1.82) is 5.53 Å². The summed E-state index contributed by atoms with van der Waals surface area (Å²) in [7, 11) is 0. The molecule has 0 saturated carbocycles. The van der Waals surface area contributed by atoms with E-state index in [0.29, 0.717) is 12.2 Å². The third kappa shape index (κ3) is 3.08. The van der Waals surface area contributed by atoms with Gasteiger partial charge in [-0.25, -0.2) is 20.3 Å². The van der Waals surface area contributed by atoms with Crippen molar-refractivity contribution in [3.05, 3.63) is 42.1 Å². The lowest BCUT2D eigenvalue weighted by Gasteiger charge is -2.14. The van der Waals surface area contributed by atoms with E-state index in [1.807, 2.05) is 24.3 Å². The van der Waals surface area contributed by atoms with Gasteiger partial charge in [0.1, 0.15) is 12.1 Å². The molecule has 3 atom stereocenters. The number of carbonyl (C=O) groups excluding carboxylic acids is 1. The van der Waals surface area contributed by atoms with Gasteiger partial charge in [0.15, 0.2) is 5.82 Å². The molecule has 2 aliphatic heterocycles. The van der Waals surface area contributed by atoms with Crippen LogP contribution in [0.4, 0.5) is 16.3 Å². The predicted molar refractivity (Wildman–Crippen MR) is 99.8 cm³/mol. The van der Waals surface area contributed by atoms with Crippen molar-refractivity contribution in [3.8, 4) is 11.1 Å². The minimum absolute atomic E-state index is 0.146. The molecular weight excluding hydrogens is 346 g/mol. The highest BCUT2D eigenvalue weighted by Crippen LogP contribution is 2.40. The predicted octanol–water partition coefficient (Wildman–Crippen LogP) is 3.11. The Morgan fingerprint density at radius 2 is 2.22 bits per heavy atom. The lowest BCUT2D eigenvalue weighted by Crippen LogP contribution is -2.34. The van der Waals surface area contributed by atoms with E-state index < -0.39 is 12.2 Å². The standard InChI is InChI=1S/C19H19N5O3/c1-11(23-20)8-21-18-5-3-13(9-22-18)12-2-4-15-14(6-12)7-16-17(10-25)27-19(26)24(15)16/h2-6,8-9,11,16-17,20,25H,7,10H2,1H3. The number of aliphatic imine (C=N–C) groups is 1. The number of cyclic esters (lactones) is 1. The Bertz CT molecular complexity index is 912. The summed E-state index contributed by atoms with van der Waals surface area (Å²) in [6.07, 6.45) is 3.10. The van der Waals surface area contributed by atoms with Gasteiger partial charge in [-0.05, 0) is 48.7 Å². The van der Waals surface area contributed by atoms with Crippen LogP contribution in [0.25, 0.3) is 11.1 Å². The number of anilines is 1. The second kappa shape index (κ2) is 6.88. The summed E-state index contributed by atoms with van der Waals surface area (Å²) in [4.78, 5) is 22.2. The molecule has 1 fully saturated rings. The number of nitrogens with zero attached hydrogens (tertiary/aromatic N) is 4. The third-order valence-corrected chi connectivity index (χ3v) is 4.87. The van der Waals surface area contributed by atoms with Crippen LogP contribution in [0.1, 0.15) is 12.5 Å². The zero-order valence-electron chi connectivity index (χ0n) is 14.7. The number of amides is 1. The number of aliphatic hydroxyl groups is 1. The maximum absolute atomic E-state index is 12.1. The average Bonchev–Trinajstić information content (AvgIpc) is 3.23. The van der Waals surface area contributed by atoms with Crippen molar-refractivity contribution >= 4 is 23.8 Å². The molecule has 2 aliphatic rings. The molecule has 0 radical (unpaired) electrons. The van der Waals surface area contributed by atoms with Crippen LogP contribution >= 0.6 is 0 Å². The smallest absolute Gasteiger partial charge is 0.415 e. The SMILES string of the molecule is CC(C=Nc1ccc(-c2ccc3c(c2)CC2C(CO)OC(=O)N32)cn1)N=N. The zero-order chi connectivity index (χ0) is 19.0. The number of benzene rings is 1. The number of ether oxygens (including phenoxy) is 1. The number of carbonyl (C=O) groups is 1. The Hall–Kier alpha value is -3.13. The fraction of sp³-hybridized carbons (Fsp3) is 0.316. The van der Waals surface area contributed by atoms with Gasteiger partial charge in [0.2, 0.25) is 0 Å². The summed E-state index contributed by atoms with van der Waals surface area (Å²) < 4.78 is 5.21. The van der Waals surface area contributed by atoms with E-state index >= 15 is 0 Å². The van der Waals surface area contributed by atoms with Crippen LogP contribution in [0.15, 0.2) is 46.6 Å². The van der Waals surface area contributed by atoms with E-state index in [-0.39, 0.29) is 18.7 Å². The van der Waals surface area contributed by atoms with Crippen LogP contribution in [0.2, 0.25) is 0 Å². The molecule has 3 heterocycles. The fourth-order valence-electron chi connectivity index (χ4n) is 3.46. The number of rotatable bonds is 5. The van der Waals surface area contributed by atoms with Gasteiger partial charge in [0.05, 0.1) is 18.3 Å². The highest BCUT2D eigenvalue weighted by atomic mass is 16.6. The first kappa shape index (κ1) is 17.3. The van der Waals surface area contributed by atoms with Crippen LogP contribution in [0, 0.1) is 5.53 Å². The molecule has 27 heavy (non-hydrogen) atoms. The van der Waals surface area contributed by atoms with E-state index in [1.54, 1.807) is 24.2 Å². The first-order valence-corrected chi connectivity index (χ1v) is 8.71. The molecule has 1 saturated heterocycles. The average molecular weight is 365 g/mol. The van der Waals surface area contributed by atoms with Crippen LogP contribution in [0.5, 0.6) is 0 Å². The van der Waals surface area contributed by atoms with Crippen LogP contribution in [-0.2, 0) is 11.2 Å². The number of aromatic nitrogens is 1. The topological polar surface area (TPSA) is 111 Å². The normalized spacial score (nSPS) is 21.9. The molecule has 2 N–H and O–H groups in total. The van der Waals surface area contributed by atoms with Crippen LogP contribution in [0.3, 0.4) is 0 Å². The van der Waals surface area contributed by atoms with Gasteiger partial charge in [-0.3, -0.25) is 4.90 Å². The highest BCUT2D eigenvalue weighted by Gasteiger charge is 2.47. The zero-order valence-corrected chi connectivity index (χ0v) is 14.7. The van der Waals surface area contributed by atoms with Gasteiger partial charge in [0.25, 0.3) is 0 Å². The number of pyridine rings is 1. The second-order valence-electron chi connectivity index (χ2n) is 6.64. The molecule has 3 unspecified atom stereocenters. The van der Waals surface area contributed by atoms with E-state index in [4.69, 9.17) is 10.3 Å². The maximum Gasteiger partial charge on any atom is 0.415 e. The van der Waals surface area contributed by atoms with E-state index in [9.17, 15) is 9.90 Å². The minimum Gasteiger partial charge on any atom is -0.441 e. The first-order chi connectivity index (χ1) is 13.1. The summed E-state index contributed by atoms with van der Waals surface area (Å²) in [5.41, 5.74) is 10.8. The van der Waals surface area contributed by atoms with Gasteiger partial charge < -0.3 is 9.84 Å². The lowest BCUT2D eigenvalue weighted by atomic mass is 10.0. The van der Waals surface area contributed by atoms with Crippen molar-refractivity contribution in [1.82, 2.24) is 4.98 Å². The molecule has 8 nitrogen and oxygen atoms in total. The van der Waals surface area contributed by atoms with Gasteiger partial charge in [-0.15, -0.1) is 0 Å². The van der Waals surface area contributed by atoms with Gasteiger partial charge in [-0.2, -0.15) is 5.11 Å². The molecule has 0 aliphatic carbocycles. The molecule has 138 valence electrons. The molecule has 0 bridgehead atoms. The molecular formula is C19H19N5O3. The first-order valence-electron chi connectivity index (χ1n) is 8.71. The number of nitrogens with one attached hydrogen (secondary N) is 1. The van der Waals surface area contributed by atoms with Crippen molar-refractivity contribution in [2.75, 3.05) is 11.5 Å². The van der Waals surface area contributed by atoms with Crippen LogP contribution in [-0.4, -0.2) is 47.2 Å². The van der Waals surface area contributed by atoms with Crippen molar-refractivity contribution in [2.45, 2.75) is 31.5 Å². The molecule has 8 heteroatoms. The van der Waals surface area contributed by atoms with Gasteiger partial charge >= 0.3 is 6.09 Å². The number of hydrogen-bond acceptors (Lipinski definition) is 7. The van der Waals surface area contributed by atoms with Gasteiger partial charge in [0, 0.05) is 18.0 Å². The molecule has 0 spiro atoms. The molecule has 4 rings (SSSR count). The van der Waals surface area contributed by atoms with Crippen LogP contribution < -0.4 is 4.90 Å². The van der Waals surface area contributed by atoms with Gasteiger partial charge in [-0.1, -0.05) is 6.07 Å². The third-order valence-electron chi connectivity index (χ3n) is 4.87. The Balaban J connectivity index is 1.57. The molecule has 1 aromatic heterocycles.